The average molecular weight is 248 g/mol. The maximum Gasteiger partial charge on any atom is 0.224 e. The molecule has 1 amide bonds. The van der Waals surface area contributed by atoms with Crippen LogP contribution in [0.25, 0.3) is 0 Å². The van der Waals surface area contributed by atoms with Gasteiger partial charge < -0.3 is 10.6 Å². The zero-order valence-corrected chi connectivity index (χ0v) is 11.5. The molecule has 0 unspecified atom stereocenters. The largest absolute Gasteiger partial charge is 0.385 e. The van der Waals surface area contributed by atoms with Gasteiger partial charge in [-0.25, -0.2) is 0 Å². The quantitative estimate of drug-likeness (QED) is 0.682. The molecule has 0 radical (unpaired) electrons. The Hall–Kier alpha value is -1.51. The molecule has 0 spiro atoms. The lowest BCUT2D eigenvalue weighted by molar-refractivity contribution is -0.116. The predicted octanol–water partition coefficient (Wildman–Crippen LogP) is 4.03. The topological polar surface area (TPSA) is 41.1 Å². The fourth-order valence-electron chi connectivity index (χ4n) is 1.73. The van der Waals surface area contributed by atoms with E-state index in [1.807, 2.05) is 31.2 Å². The van der Waals surface area contributed by atoms with E-state index in [1.165, 1.54) is 19.3 Å². The van der Waals surface area contributed by atoms with Crippen molar-refractivity contribution in [2.75, 3.05) is 17.2 Å². The molecule has 3 nitrogen and oxygen atoms in total. The molecule has 1 aromatic rings. The number of rotatable bonds is 8. The Kier molecular flexibility index (Phi) is 6.92. The van der Waals surface area contributed by atoms with Crippen LogP contribution in [-0.2, 0) is 4.79 Å². The highest BCUT2D eigenvalue weighted by molar-refractivity contribution is 5.90. The molecule has 0 aliphatic rings. The zero-order chi connectivity index (χ0) is 13.2. The Morgan fingerprint density at radius 3 is 2.28 bits per heavy atom. The molecule has 0 bridgehead atoms. The average Bonchev–Trinajstić information content (AvgIpc) is 2.37. The summed E-state index contributed by atoms with van der Waals surface area (Å²) >= 11 is 0. The summed E-state index contributed by atoms with van der Waals surface area (Å²) in [7, 11) is 0. The van der Waals surface area contributed by atoms with Crippen LogP contribution in [-0.4, -0.2) is 12.5 Å². The van der Waals surface area contributed by atoms with E-state index in [0.717, 1.165) is 24.3 Å². The van der Waals surface area contributed by atoms with Crippen LogP contribution in [0.4, 0.5) is 11.4 Å². The number of carbonyl (C=O) groups excluding carboxylic acids is 1. The molecule has 1 rings (SSSR count). The predicted molar refractivity (Wildman–Crippen MR) is 78.0 cm³/mol. The highest BCUT2D eigenvalue weighted by atomic mass is 16.1. The van der Waals surface area contributed by atoms with Crippen molar-refractivity contribution in [1.29, 1.82) is 0 Å². The number of hydrogen-bond donors (Lipinski definition) is 2. The lowest BCUT2D eigenvalue weighted by Gasteiger charge is -2.08. The Bertz CT molecular complexity index is 346. The van der Waals surface area contributed by atoms with Crippen LogP contribution in [0.1, 0.15) is 46.0 Å². The van der Waals surface area contributed by atoms with E-state index in [1.54, 1.807) is 0 Å². The van der Waals surface area contributed by atoms with E-state index in [0.29, 0.717) is 6.42 Å². The van der Waals surface area contributed by atoms with Gasteiger partial charge in [-0.05, 0) is 37.1 Å². The first-order valence-electron chi connectivity index (χ1n) is 6.90. The third kappa shape index (κ3) is 5.71. The summed E-state index contributed by atoms with van der Waals surface area (Å²) in [6.45, 7) is 5.21. The Balaban J connectivity index is 2.35. The standard InChI is InChI=1S/C15H24N2O/c1-3-5-6-12-16-13-8-10-14(11-9-13)17-15(18)7-4-2/h8-11,16H,3-7,12H2,1-2H3,(H,17,18). The van der Waals surface area contributed by atoms with Crippen molar-refractivity contribution < 1.29 is 4.79 Å². The normalized spacial score (nSPS) is 10.1. The fraction of sp³-hybridized carbons (Fsp3) is 0.533. The molecule has 0 saturated carbocycles. The van der Waals surface area contributed by atoms with Gasteiger partial charge in [0, 0.05) is 24.3 Å². The Labute approximate surface area is 110 Å². The second-order valence-electron chi connectivity index (χ2n) is 4.51. The second kappa shape index (κ2) is 8.56. The van der Waals surface area contributed by atoms with Crippen molar-refractivity contribution in [3.8, 4) is 0 Å². The smallest absolute Gasteiger partial charge is 0.224 e. The summed E-state index contributed by atoms with van der Waals surface area (Å²) in [4.78, 5) is 11.4. The monoisotopic (exact) mass is 248 g/mol. The van der Waals surface area contributed by atoms with Crippen molar-refractivity contribution in [1.82, 2.24) is 0 Å². The van der Waals surface area contributed by atoms with Gasteiger partial charge >= 0.3 is 0 Å². The van der Waals surface area contributed by atoms with Crippen LogP contribution in [0.3, 0.4) is 0 Å². The summed E-state index contributed by atoms with van der Waals surface area (Å²) in [5.41, 5.74) is 1.98. The first-order valence-corrected chi connectivity index (χ1v) is 6.90. The van der Waals surface area contributed by atoms with Gasteiger partial charge in [-0.15, -0.1) is 0 Å². The highest BCUT2D eigenvalue weighted by Crippen LogP contribution is 2.14. The molecule has 0 saturated heterocycles. The number of hydrogen-bond acceptors (Lipinski definition) is 2. The van der Waals surface area contributed by atoms with Gasteiger partial charge in [0.25, 0.3) is 0 Å². The molecule has 1 aromatic carbocycles. The number of carbonyl (C=O) groups is 1. The number of anilines is 2. The van der Waals surface area contributed by atoms with E-state index < -0.39 is 0 Å². The number of amides is 1. The van der Waals surface area contributed by atoms with Crippen molar-refractivity contribution in [3.63, 3.8) is 0 Å². The van der Waals surface area contributed by atoms with Gasteiger partial charge in [0.15, 0.2) is 0 Å². The second-order valence-corrected chi connectivity index (χ2v) is 4.51. The maximum atomic E-state index is 11.4. The zero-order valence-electron chi connectivity index (χ0n) is 11.5. The summed E-state index contributed by atoms with van der Waals surface area (Å²) in [5, 5.41) is 6.25. The third-order valence-corrected chi connectivity index (χ3v) is 2.76. The van der Waals surface area contributed by atoms with Gasteiger partial charge in [-0.3, -0.25) is 4.79 Å². The van der Waals surface area contributed by atoms with Crippen molar-refractivity contribution in [3.05, 3.63) is 24.3 Å². The van der Waals surface area contributed by atoms with Crippen molar-refractivity contribution in [2.24, 2.45) is 0 Å². The molecule has 0 aliphatic heterocycles. The molecule has 100 valence electrons. The minimum atomic E-state index is 0.0844. The van der Waals surface area contributed by atoms with Crippen LogP contribution in [0, 0.1) is 0 Å². The van der Waals surface area contributed by atoms with Crippen molar-refractivity contribution in [2.45, 2.75) is 46.0 Å². The Morgan fingerprint density at radius 1 is 1.00 bits per heavy atom. The summed E-state index contributed by atoms with van der Waals surface area (Å²) in [5.74, 6) is 0.0844. The van der Waals surface area contributed by atoms with E-state index in [9.17, 15) is 4.79 Å². The van der Waals surface area contributed by atoms with Gasteiger partial charge in [-0.2, -0.15) is 0 Å². The van der Waals surface area contributed by atoms with Crippen LogP contribution < -0.4 is 10.6 Å². The molecular weight excluding hydrogens is 224 g/mol. The first-order chi connectivity index (χ1) is 8.76. The molecule has 2 N–H and O–H groups in total. The number of unbranched alkanes of at least 4 members (excludes halogenated alkanes) is 2. The summed E-state index contributed by atoms with van der Waals surface area (Å²) < 4.78 is 0. The van der Waals surface area contributed by atoms with E-state index in [-0.39, 0.29) is 5.91 Å². The molecule has 0 aromatic heterocycles. The Morgan fingerprint density at radius 2 is 1.67 bits per heavy atom. The molecular formula is C15H24N2O. The summed E-state index contributed by atoms with van der Waals surface area (Å²) in [6.07, 6.45) is 5.16. The highest BCUT2D eigenvalue weighted by Gasteiger charge is 2.00. The van der Waals surface area contributed by atoms with Crippen LogP contribution in [0.5, 0.6) is 0 Å². The molecule has 0 fully saturated rings. The van der Waals surface area contributed by atoms with Gasteiger partial charge in [0.05, 0.1) is 0 Å². The van der Waals surface area contributed by atoms with Gasteiger partial charge in [0.1, 0.15) is 0 Å². The van der Waals surface area contributed by atoms with Crippen LogP contribution in [0.15, 0.2) is 24.3 Å². The molecule has 18 heavy (non-hydrogen) atoms. The molecule has 0 atom stereocenters. The van der Waals surface area contributed by atoms with Crippen LogP contribution >= 0.6 is 0 Å². The minimum Gasteiger partial charge on any atom is -0.385 e. The lowest BCUT2D eigenvalue weighted by atomic mass is 10.2. The minimum absolute atomic E-state index is 0.0844. The number of benzene rings is 1. The SMILES string of the molecule is CCCCCNc1ccc(NC(=O)CCC)cc1. The number of nitrogens with one attached hydrogen (secondary N) is 2. The van der Waals surface area contributed by atoms with Gasteiger partial charge in [0.2, 0.25) is 5.91 Å². The van der Waals surface area contributed by atoms with E-state index >= 15 is 0 Å². The van der Waals surface area contributed by atoms with E-state index in [4.69, 9.17) is 0 Å². The fourth-order valence-corrected chi connectivity index (χ4v) is 1.73. The third-order valence-electron chi connectivity index (χ3n) is 2.76. The van der Waals surface area contributed by atoms with Gasteiger partial charge in [-0.1, -0.05) is 26.7 Å². The van der Waals surface area contributed by atoms with Crippen LogP contribution in [0.2, 0.25) is 0 Å². The van der Waals surface area contributed by atoms with E-state index in [2.05, 4.69) is 17.6 Å². The molecule has 0 aliphatic carbocycles. The molecule has 3 heteroatoms. The first kappa shape index (κ1) is 14.6. The lowest BCUT2D eigenvalue weighted by Crippen LogP contribution is -2.10. The molecule has 0 heterocycles. The van der Waals surface area contributed by atoms with Crippen molar-refractivity contribution >= 4 is 17.3 Å². The summed E-state index contributed by atoms with van der Waals surface area (Å²) in [6, 6.07) is 7.90. The maximum absolute atomic E-state index is 11.4.